The monoisotopic (exact) mass is 352 g/mol. The average Bonchev–Trinajstić information content (AvgIpc) is 2.82. The molecule has 0 bridgehead atoms. The maximum Gasteiger partial charge on any atom is 0.244 e. The van der Waals surface area contributed by atoms with Crippen LogP contribution in [0.25, 0.3) is 0 Å². The summed E-state index contributed by atoms with van der Waals surface area (Å²) in [5.74, 6) is 0. The first-order chi connectivity index (χ1) is 9.67. The number of likely N-dealkylation sites (N-methyl/N-ethyl adjacent to an activating group) is 1. The summed E-state index contributed by atoms with van der Waals surface area (Å²) in [6.45, 7) is 0.0359. The predicted octanol–water partition coefficient (Wildman–Crippen LogP) is 2.50. The number of benzene rings is 1. The summed E-state index contributed by atoms with van der Waals surface area (Å²) in [6, 6.07) is 2.72. The lowest BCUT2D eigenvalue weighted by atomic mass is 10.0. The molecule has 1 aliphatic carbocycles. The molecule has 0 amide bonds. The predicted molar refractivity (Wildman–Crippen MR) is 84.1 cm³/mol. The minimum atomic E-state index is -3.83. The van der Waals surface area contributed by atoms with Crippen LogP contribution in [0.5, 0.6) is 0 Å². The zero-order chi connectivity index (χ0) is 15.8. The van der Waals surface area contributed by atoms with Crippen molar-refractivity contribution in [1.29, 1.82) is 0 Å². The van der Waals surface area contributed by atoms with E-state index in [4.69, 9.17) is 28.9 Å². The van der Waals surface area contributed by atoms with Crippen LogP contribution in [0.3, 0.4) is 0 Å². The molecule has 0 radical (unpaired) electrons. The molecule has 118 valence electrons. The van der Waals surface area contributed by atoms with Crippen molar-refractivity contribution >= 4 is 38.9 Å². The minimum absolute atomic E-state index is 0.0346. The molecule has 0 atom stereocenters. The van der Waals surface area contributed by atoms with Crippen LogP contribution in [-0.4, -0.2) is 37.0 Å². The Morgan fingerprint density at radius 3 is 2.48 bits per heavy atom. The molecule has 0 aromatic heterocycles. The Kier molecular flexibility index (Phi) is 4.75. The topological polar surface area (TPSA) is 83.6 Å². The van der Waals surface area contributed by atoms with Crippen molar-refractivity contribution in [2.24, 2.45) is 0 Å². The normalized spacial score (nSPS) is 18.3. The summed E-state index contributed by atoms with van der Waals surface area (Å²) in [5, 5.41) is 10.5. The molecule has 1 aromatic rings. The van der Waals surface area contributed by atoms with Crippen LogP contribution in [0.1, 0.15) is 25.7 Å². The van der Waals surface area contributed by atoms with Gasteiger partial charge in [-0.05, 0) is 25.0 Å². The SMILES string of the molecule is CN(CC1(O)CCCC1)S(=O)(=O)c1ccc(Cl)c(N)c1Cl. The zero-order valence-electron chi connectivity index (χ0n) is 11.6. The van der Waals surface area contributed by atoms with Gasteiger partial charge >= 0.3 is 0 Å². The Hall–Kier alpha value is -0.530. The second-order valence-electron chi connectivity index (χ2n) is 5.47. The molecule has 2 rings (SSSR count). The Bertz CT molecular complexity index is 643. The van der Waals surface area contributed by atoms with E-state index in [0.29, 0.717) is 12.8 Å². The van der Waals surface area contributed by atoms with Gasteiger partial charge in [0.05, 0.1) is 21.3 Å². The summed E-state index contributed by atoms with van der Waals surface area (Å²) in [5.41, 5.74) is 4.74. The molecule has 8 heteroatoms. The zero-order valence-corrected chi connectivity index (χ0v) is 14.0. The molecule has 0 aliphatic heterocycles. The third-order valence-corrected chi connectivity index (χ3v) is 6.53. The van der Waals surface area contributed by atoms with Gasteiger partial charge in [0.1, 0.15) is 4.90 Å². The number of nitrogen functional groups attached to an aromatic ring is 1. The fraction of sp³-hybridized carbons (Fsp3) is 0.538. The van der Waals surface area contributed by atoms with E-state index in [0.717, 1.165) is 17.1 Å². The van der Waals surface area contributed by atoms with E-state index in [1.54, 1.807) is 0 Å². The second-order valence-corrected chi connectivity index (χ2v) is 8.26. The summed E-state index contributed by atoms with van der Waals surface area (Å²) in [7, 11) is -2.41. The standard InChI is InChI=1S/C13H18Cl2N2O3S/c1-17(8-13(18)6-2-3-7-13)21(19,20)10-5-4-9(14)12(16)11(10)15/h4-5,18H,2-3,6-8,16H2,1H3. The Morgan fingerprint density at radius 2 is 1.90 bits per heavy atom. The third-order valence-electron chi connectivity index (χ3n) is 3.83. The lowest BCUT2D eigenvalue weighted by Crippen LogP contribution is -2.42. The highest BCUT2D eigenvalue weighted by Gasteiger charge is 2.36. The van der Waals surface area contributed by atoms with E-state index in [9.17, 15) is 13.5 Å². The Morgan fingerprint density at radius 1 is 1.33 bits per heavy atom. The molecular formula is C13H18Cl2N2O3S. The first-order valence-corrected chi connectivity index (χ1v) is 8.79. The van der Waals surface area contributed by atoms with E-state index in [1.165, 1.54) is 19.2 Å². The first-order valence-electron chi connectivity index (χ1n) is 6.60. The molecule has 0 spiro atoms. The Labute approximate surface area is 134 Å². The molecule has 0 unspecified atom stereocenters. The third kappa shape index (κ3) is 3.29. The van der Waals surface area contributed by atoms with Gasteiger partial charge in [-0.2, -0.15) is 4.31 Å². The maximum atomic E-state index is 12.6. The number of hydrogen-bond donors (Lipinski definition) is 2. The maximum absolute atomic E-state index is 12.6. The number of halogens is 2. The van der Waals surface area contributed by atoms with Crippen molar-refractivity contribution < 1.29 is 13.5 Å². The van der Waals surface area contributed by atoms with E-state index < -0.39 is 15.6 Å². The van der Waals surface area contributed by atoms with Crippen LogP contribution < -0.4 is 5.73 Å². The van der Waals surface area contributed by atoms with E-state index in [1.807, 2.05) is 0 Å². The van der Waals surface area contributed by atoms with Crippen molar-refractivity contribution in [2.75, 3.05) is 19.3 Å². The Balaban J connectivity index is 2.31. The first kappa shape index (κ1) is 16.8. The summed E-state index contributed by atoms with van der Waals surface area (Å²) < 4.78 is 26.3. The molecule has 0 heterocycles. The summed E-state index contributed by atoms with van der Waals surface area (Å²) in [6.07, 6.45) is 3.00. The van der Waals surface area contributed by atoms with Crippen LogP contribution in [0, 0.1) is 0 Å². The van der Waals surface area contributed by atoms with Gasteiger partial charge in [-0.15, -0.1) is 0 Å². The van der Waals surface area contributed by atoms with Gasteiger partial charge in [-0.1, -0.05) is 36.0 Å². The van der Waals surface area contributed by atoms with Gasteiger partial charge in [0, 0.05) is 13.6 Å². The van der Waals surface area contributed by atoms with Crippen LogP contribution >= 0.6 is 23.2 Å². The van der Waals surface area contributed by atoms with Crippen LogP contribution in [0.4, 0.5) is 5.69 Å². The number of rotatable bonds is 4. The summed E-state index contributed by atoms with van der Waals surface area (Å²) in [4.78, 5) is -0.102. The highest BCUT2D eigenvalue weighted by atomic mass is 35.5. The molecule has 21 heavy (non-hydrogen) atoms. The van der Waals surface area contributed by atoms with Crippen molar-refractivity contribution in [3.8, 4) is 0 Å². The van der Waals surface area contributed by atoms with E-state index >= 15 is 0 Å². The molecule has 0 saturated heterocycles. The smallest absolute Gasteiger partial charge is 0.244 e. The molecule has 5 nitrogen and oxygen atoms in total. The second kappa shape index (κ2) is 5.93. The van der Waals surface area contributed by atoms with Gasteiger partial charge in [0.2, 0.25) is 10.0 Å². The molecule has 1 fully saturated rings. The van der Waals surface area contributed by atoms with Gasteiger partial charge in [0.25, 0.3) is 0 Å². The number of hydrogen-bond acceptors (Lipinski definition) is 4. The number of anilines is 1. The molecule has 1 aromatic carbocycles. The average molecular weight is 353 g/mol. The number of aliphatic hydroxyl groups is 1. The van der Waals surface area contributed by atoms with Crippen molar-refractivity contribution in [2.45, 2.75) is 36.2 Å². The highest BCUT2D eigenvalue weighted by Crippen LogP contribution is 2.36. The lowest BCUT2D eigenvalue weighted by Gasteiger charge is -2.28. The number of sulfonamides is 1. The van der Waals surface area contributed by atoms with Gasteiger partial charge in [-0.3, -0.25) is 0 Å². The van der Waals surface area contributed by atoms with Crippen LogP contribution in [0.2, 0.25) is 10.0 Å². The highest BCUT2D eigenvalue weighted by molar-refractivity contribution is 7.89. The van der Waals surface area contributed by atoms with Gasteiger partial charge in [0.15, 0.2) is 0 Å². The quantitative estimate of drug-likeness (QED) is 0.815. The fourth-order valence-electron chi connectivity index (χ4n) is 2.61. The lowest BCUT2D eigenvalue weighted by molar-refractivity contribution is 0.0333. The molecule has 3 N–H and O–H groups in total. The minimum Gasteiger partial charge on any atom is -0.396 e. The number of nitrogens with zero attached hydrogens (tertiary/aromatic N) is 1. The molecule has 1 saturated carbocycles. The van der Waals surface area contributed by atoms with Gasteiger partial charge < -0.3 is 10.8 Å². The van der Waals surface area contributed by atoms with Crippen molar-refractivity contribution in [3.05, 3.63) is 22.2 Å². The van der Waals surface area contributed by atoms with Crippen molar-refractivity contribution in [3.63, 3.8) is 0 Å². The van der Waals surface area contributed by atoms with E-state index in [2.05, 4.69) is 0 Å². The largest absolute Gasteiger partial charge is 0.396 e. The van der Waals surface area contributed by atoms with Crippen molar-refractivity contribution in [1.82, 2.24) is 4.31 Å². The molecule has 1 aliphatic rings. The van der Waals surface area contributed by atoms with Crippen LogP contribution in [0.15, 0.2) is 17.0 Å². The number of nitrogens with two attached hydrogens (primary N) is 1. The summed E-state index contributed by atoms with van der Waals surface area (Å²) >= 11 is 11.8. The fourth-order valence-corrected chi connectivity index (χ4v) is 4.59. The molecular weight excluding hydrogens is 335 g/mol. The van der Waals surface area contributed by atoms with Gasteiger partial charge in [-0.25, -0.2) is 8.42 Å². The van der Waals surface area contributed by atoms with E-state index in [-0.39, 0.29) is 27.2 Å². The van der Waals surface area contributed by atoms with Crippen LogP contribution in [-0.2, 0) is 10.0 Å².